The topological polar surface area (TPSA) is 47.0 Å². The number of thioether (sulfide) groups is 1. The first-order chi connectivity index (χ1) is 15.9. The van der Waals surface area contributed by atoms with Crippen LogP contribution in [0.3, 0.4) is 0 Å². The Kier molecular flexibility index (Phi) is 6.47. The van der Waals surface area contributed by atoms with E-state index in [2.05, 4.69) is 59.1 Å². The largest absolute Gasteiger partial charge is 0.388 e. The number of benzene rings is 1. The molecular weight excluding hydrogens is 430 g/mol. The van der Waals surface area contributed by atoms with Gasteiger partial charge in [-0.2, -0.15) is 11.8 Å². The average Bonchev–Trinajstić information content (AvgIpc) is 3.05. The Morgan fingerprint density at radius 2 is 1.70 bits per heavy atom. The van der Waals surface area contributed by atoms with Crippen LogP contribution in [-0.2, 0) is 5.54 Å². The van der Waals surface area contributed by atoms with Crippen LogP contribution >= 0.6 is 11.8 Å². The standard InChI is InChI=1S/C27H41N3O2S/c1-28(2)27(23-7-4-3-5-8-23)15-13-25(14-16-27)20-29(19-22-9-17-33-18-10-22)24(31)30(25)21-26(32)11-6-12-26/h3-5,7-8,22,32H,6,9-21H2,1-2H3/t25-,27-. The summed E-state index contributed by atoms with van der Waals surface area (Å²) in [6.07, 6.45) is 9.27. The fourth-order valence-electron chi connectivity index (χ4n) is 6.84. The van der Waals surface area contributed by atoms with Crippen LogP contribution in [0.2, 0.25) is 0 Å². The van der Waals surface area contributed by atoms with Crippen LogP contribution in [0.1, 0.15) is 63.4 Å². The minimum atomic E-state index is -0.671. The lowest BCUT2D eigenvalue weighted by Gasteiger charge is -2.52. The molecule has 1 N–H and O–H groups in total. The van der Waals surface area contributed by atoms with Crippen LogP contribution in [-0.4, -0.2) is 82.2 Å². The highest BCUT2D eigenvalue weighted by molar-refractivity contribution is 7.99. The average molecular weight is 472 g/mol. The first kappa shape index (κ1) is 23.5. The molecule has 5 rings (SSSR count). The number of hydrogen-bond acceptors (Lipinski definition) is 4. The van der Waals surface area contributed by atoms with Gasteiger partial charge in [-0.25, -0.2) is 4.79 Å². The molecule has 0 aromatic heterocycles. The normalized spacial score (nSPS) is 32.5. The summed E-state index contributed by atoms with van der Waals surface area (Å²) in [6.45, 7) is 2.25. The van der Waals surface area contributed by atoms with Gasteiger partial charge >= 0.3 is 6.03 Å². The molecule has 5 nitrogen and oxygen atoms in total. The number of urea groups is 1. The second-order valence-electron chi connectivity index (χ2n) is 11.4. The van der Waals surface area contributed by atoms with E-state index in [1.54, 1.807) is 0 Å². The molecule has 2 heterocycles. The van der Waals surface area contributed by atoms with Gasteiger partial charge in [-0.15, -0.1) is 0 Å². The summed E-state index contributed by atoms with van der Waals surface area (Å²) in [5, 5.41) is 11.1. The molecule has 2 saturated carbocycles. The summed E-state index contributed by atoms with van der Waals surface area (Å²) in [6, 6.07) is 11.1. The lowest BCUT2D eigenvalue weighted by Crippen LogP contribution is -2.59. The molecule has 2 saturated heterocycles. The summed E-state index contributed by atoms with van der Waals surface area (Å²) < 4.78 is 0. The molecule has 0 radical (unpaired) electrons. The van der Waals surface area contributed by atoms with Crippen molar-refractivity contribution in [2.24, 2.45) is 5.92 Å². The number of hydrogen-bond donors (Lipinski definition) is 1. The fourth-order valence-corrected chi connectivity index (χ4v) is 8.04. The SMILES string of the molecule is CN(C)[C@]1(c2ccccc2)CC[C@@]2(CC1)CN(CC1CCSCC1)C(=O)N2CC1(O)CCC1. The molecule has 182 valence electrons. The van der Waals surface area contributed by atoms with Gasteiger partial charge in [-0.05, 0) is 94.9 Å². The van der Waals surface area contributed by atoms with E-state index in [4.69, 9.17) is 0 Å². The van der Waals surface area contributed by atoms with Gasteiger partial charge in [0.1, 0.15) is 0 Å². The molecule has 0 atom stereocenters. The zero-order valence-corrected chi connectivity index (χ0v) is 21.3. The molecule has 4 fully saturated rings. The van der Waals surface area contributed by atoms with Crippen molar-refractivity contribution < 1.29 is 9.90 Å². The van der Waals surface area contributed by atoms with Crippen molar-refractivity contribution in [3.05, 3.63) is 35.9 Å². The van der Waals surface area contributed by atoms with Crippen molar-refractivity contribution >= 4 is 17.8 Å². The molecule has 2 amide bonds. The molecule has 33 heavy (non-hydrogen) atoms. The van der Waals surface area contributed by atoms with Crippen molar-refractivity contribution in [2.75, 3.05) is 45.2 Å². The number of amides is 2. The summed E-state index contributed by atoms with van der Waals surface area (Å²) in [7, 11) is 4.40. The lowest BCUT2D eigenvalue weighted by atomic mass is 9.67. The molecule has 1 aromatic rings. The van der Waals surface area contributed by atoms with Crippen molar-refractivity contribution in [1.82, 2.24) is 14.7 Å². The zero-order chi connectivity index (χ0) is 23.1. The fraction of sp³-hybridized carbons (Fsp3) is 0.741. The van der Waals surface area contributed by atoms with Gasteiger partial charge in [0.2, 0.25) is 0 Å². The Balaban J connectivity index is 1.38. The van der Waals surface area contributed by atoms with Crippen LogP contribution in [0.25, 0.3) is 0 Å². The number of carbonyl (C=O) groups is 1. The van der Waals surface area contributed by atoms with Gasteiger partial charge in [-0.3, -0.25) is 4.90 Å². The van der Waals surface area contributed by atoms with Crippen LogP contribution in [0.5, 0.6) is 0 Å². The molecule has 1 spiro atoms. The van der Waals surface area contributed by atoms with Gasteiger partial charge in [0, 0.05) is 18.6 Å². The highest BCUT2D eigenvalue weighted by Gasteiger charge is 2.56. The molecule has 2 aliphatic heterocycles. The van der Waals surface area contributed by atoms with E-state index in [1.165, 1.54) is 29.9 Å². The second kappa shape index (κ2) is 9.09. The third kappa shape index (κ3) is 4.32. The maximum atomic E-state index is 13.8. The smallest absolute Gasteiger partial charge is 0.320 e. The summed E-state index contributed by atoms with van der Waals surface area (Å²) in [5.41, 5.74) is 0.591. The summed E-state index contributed by atoms with van der Waals surface area (Å²) >= 11 is 2.05. The van der Waals surface area contributed by atoms with Crippen LogP contribution in [0.15, 0.2) is 30.3 Å². The molecule has 0 bridgehead atoms. The molecule has 4 aliphatic rings. The first-order valence-corrected chi connectivity index (χ1v) is 14.1. The van der Waals surface area contributed by atoms with Gasteiger partial charge < -0.3 is 14.9 Å². The minimum Gasteiger partial charge on any atom is -0.388 e. The van der Waals surface area contributed by atoms with E-state index < -0.39 is 5.60 Å². The van der Waals surface area contributed by atoms with E-state index in [0.717, 1.165) is 58.0 Å². The van der Waals surface area contributed by atoms with Gasteiger partial charge in [0.05, 0.1) is 17.7 Å². The van der Waals surface area contributed by atoms with Crippen LogP contribution < -0.4 is 0 Å². The number of nitrogens with zero attached hydrogens (tertiary/aromatic N) is 3. The Morgan fingerprint density at radius 3 is 2.27 bits per heavy atom. The van der Waals surface area contributed by atoms with Gasteiger partial charge in [0.15, 0.2) is 0 Å². The third-order valence-electron chi connectivity index (χ3n) is 9.29. The zero-order valence-electron chi connectivity index (χ0n) is 20.5. The maximum Gasteiger partial charge on any atom is 0.320 e. The van der Waals surface area contributed by atoms with E-state index >= 15 is 0 Å². The Hall–Kier alpha value is -1.24. The number of rotatable bonds is 6. The Bertz CT molecular complexity index is 827. The highest BCUT2D eigenvalue weighted by atomic mass is 32.2. The van der Waals surface area contributed by atoms with Crippen molar-refractivity contribution in [1.29, 1.82) is 0 Å². The minimum absolute atomic E-state index is 0.0165. The van der Waals surface area contributed by atoms with E-state index in [9.17, 15) is 9.90 Å². The highest BCUT2D eigenvalue weighted by Crippen LogP contribution is 2.50. The third-order valence-corrected chi connectivity index (χ3v) is 10.3. The monoisotopic (exact) mass is 471 g/mol. The molecule has 2 aliphatic carbocycles. The van der Waals surface area contributed by atoms with Gasteiger partial charge in [0.25, 0.3) is 0 Å². The van der Waals surface area contributed by atoms with Crippen molar-refractivity contribution in [3.8, 4) is 0 Å². The summed E-state index contributed by atoms with van der Waals surface area (Å²) in [4.78, 5) is 20.5. The summed E-state index contributed by atoms with van der Waals surface area (Å²) in [5.74, 6) is 3.08. The predicted octanol–water partition coefficient (Wildman–Crippen LogP) is 4.55. The number of carbonyl (C=O) groups excluding carboxylic acids is 1. The van der Waals surface area contributed by atoms with Crippen molar-refractivity contribution in [2.45, 2.75) is 74.5 Å². The quantitative estimate of drug-likeness (QED) is 0.661. The van der Waals surface area contributed by atoms with E-state index in [0.29, 0.717) is 12.5 Å². The Morgan fingerprint density at radius 1 is 1.03 bits per heavy atom. The van der Waals surface area contributed by atoms with Crippen LogP contribution in [0.4, 0.5) is 4.79 Å². The van der Waals surface area contributed by atoms with Crippen LogP contribution in [0, 0.1) is 5.92 Å². The van der Waals surface area contributed by atoms with Crippen molar-refractivity contribution in [3.63, 3.8) is 0 Å². The first-order valence-electron chi connectivity index (χ1n) is 13.0. The lowest BCUT2D eigenvalue weighted by molar-refractivity contribution is -0.0725. The van der Waals surface area contributed by atoms with E-state index in [1.807, 2.05) is 11.8 Å². The van der Waals surface area contributed by atoms with E-state index in [-0.39, 0.29) is 17.1 Å². The second-order valence-corrected chi connectivity index (χ2v) is 12.6. The van der Waals surface area contributed by atoms with Gasteiger partial charge in [-0.1, -0.05) is 30.3 Å². The molecule has 0 unspecified atom stereocenters. The number of aliphatic hydroxyl groups is 1. The maximum absolute atomic E-state index is 13.8. The molecule has 6 heteroatoms. The Labute approximate surface area is 203 Å². The predicted molar refractivity (Wildman–Crippen MR) is 136 cm³/mol. The molecule has 1 aromatic carbocycles. The molecular formula is C27H41N3O2S. The number of β-amino-alcohol motifs (C(OH)–C–C–N with tert-alkyl or cyclic N) is 1.